The summed E-state index contributed by atoms with van der Waals surface area (Å²) in [4.78, 5) is 1.13. The van der Waals surface area contributed by atoms with Gasteiger partial charge in [-0.1, -0.05) is 62.0 Å². The maximum atomic E-state index is 5.36. The number of hydrogen-bond acceptors (Lipinski definition) is 3. The van der Waals surface area contributed by atoms with Crippen molar-refractivity contribution in [3.63, 3.8) is 0 Å². The summed E-state index contributed by atoms with van der Waals surface area (Å²) in [5, 5.41) is 0. The fraction of sp³-hybridized carbons (Fsp3) is 0.400. The summed E-state index contributed by atoms with van der Waals surface area (Å²) in [6.07, 6.45) is 4.95. The van der Waals surface area contributed by atoms with E-state index in [4.69, 9.17) is 9.47 Å². The van der Waals surface area contributed by atoms with Gasteiger partial charge in [0.25, 0.3) is 0 Å². The van der Waals surface area contributed by atoms with Crippen molar-refractivity contribution >= 4 is 16.7 Å². The molecule has 0 saturated heterocycles. The van der Waals surface area contributed by atoms with Crippen LogP contribution in [0.15, 0.2) is 54.1 Å². The van der Waals surface area contributed by atoms with Crippen LogP contribution >= 0.6 is 11.8 Å². The molecule has 0 heterocycles. The molecule has 0 bridgehead atoms. The average Bonchev–Trinajstić information content (AvgIpc) is 2.82. The molecule has 2 rings (SSSR count). The molecule has 0 aliphatic carbocycles. The van der Waals surface area contributed by atoms with Crippen LogP contribution in [0, 0.1) is 29.1 Å². The van der Waals surface area contributed by atoms with Crippen LogP contribution in [-0.4, -0.2) is 20.0 Å². The molecule has 0 saturated carbocycles. The van der Waals surface area contributed by atoms with E-state index in [2.05, 4.69) is 63.5 Å². The number of ether oxygens (including phenoxy) is 2. The van der Waals surface area contributed by atoms with E-state index in [0.717, 1.165) is 38.9 Å². The third kappa shape index (κ3) is 9.73. The minimum Gasteiger partial charge on any atom is -0.497 e. The zero-order valence-electron chi connectivity index (χ0n) is 20.9. The highest BCUT2D eigenvalue weighted by atomic mass is 32.2. The van der Waals surface area contributed by atoms with E-state index in [1.165, 1.54) is 25.7 Å². The van der Waals surface area contributed by atoms with Crippen LogP contribution in [0.2, 0.25) is 0 Å². The summed E-state index contributed by atoms with van der Waals surface area (Å²) in [6, 6.07) is 16.0. The zero-order chi connectivity index (χ0) is 24.1. The Kier molecular flexibility index (Phi) is 11.0. The first-order valence-corrected chi connectivity index (χ1v) is 12.6. The molecule has 0 aliphatic heterocycles. The molecule has 3 heteroatoms. The number of thioether (sulfide) groups is 1. The smallest absolute Gasteiger partial charge is 0.118 e. The standard InChI is InChI=1S/C30H36O2S/c1-7-8-9-10-23-33-29(25-15-19-28(32-6)20-16-25)26(21-22-30(2,3)4)14-11-24-12-17-27(31-5)18-13-24/h12-13,15-20H,7-10,23H2,1-6H3/b29-26+. The first-order chi connectivity index (χ1) is 15.9. The van der Waals surface area contributed by atoms with Crippen LogP contribution < -0.4 is 9.47 Å². The first-order valence-electron chi connectivity index (χ1n) is 11.6. The lowest BCUT2D eigenvalue weighted by Crippen LogP contribution is -2.00. The fourth-order valence-corrected chi connectivity index (χ4v) is 4.05. The molecule has 0 amide bonds. The van der Waals surface area contributed by atoms with Crippen molar-refractivity contribution in [1.29, 1.82) is 0 Å². The summed E-state index contributed by atoms with van der Waals surface area (Å²) in [7, 11) is 3.36. The molecule has 174 valence electrons. The highest BCUT2D eigenvalue weighted by Gasteiger charge is 2.10. The first kappa shape index (κ1) is 26.5. The van der Waals surface area contributed by atoms with Gasteiger partial charge in [-0.3, -0.25) is 0 Å². The van der Waals surface area contributed by atoms with Crippen molar-refractivity contribution in [2.75, 3.05) is 20.0 Å². The van der Waals surface area contributed by atoms with Gasteiger partial charge in [0, 0.05) is 15.9 Å². The predicted molar refractivity (Wildman–Crippen MR) is 144 cm³/mol. The van der Waals surface area contributed by atoms with E-state index in [1.807, 2.05) is 48.2 Å². The summed E-state index contributed by atoms with van der Waals surface area (Å²) >= 11 is 1.85. The Morgan fingerprint density at radius 1 is 0.818 bits per heavy atom. The molecule has 2 nitrogen and oxygen atoms in total. The molecule has 0 aliphatic rings. The van der Waals surface area contributed by atoms with Gasteiger partial charge in [-0.2, -0.15) is 0 Å². The van der Waals surface area contributed by atoms with Gasteiger partial charge in [0.2, 0.25) is 0 Å². The molecule has 0 atom stereocenters. The largest absolute Gasteiger partial charge is 0.497 e. The maximum Gasteiger partial charge on any atom is 0.118 e. The van der Waals surface area contributed by atoms with Crippen molar-refractivity contribution in [1.82, 2.24) is 0 Å². The van der Waals surface area contributed by atoms with Crippen LogP contribution in [0.25, 0.3) is 4.91 Å². The maximum absolute atomic E-state index is 5.36. The molecular formula is C30H36O2S. The van der Waals surface area contributed by atoms with E-state index in [1.54, 1.807) is 14.2 Å². The van der Waals surface area contributed by atoms with Crippen LogP contribution in [0.5, 0.6) is 11.5 Å². The molecule has 0 spiro atoms. The fourth-order valence-electron chi connectivity index (χ4n) is 2.95. The molecular weight excluding hydrogens is 424 g/mol. The SMILES string of the molecule is CCCCCCS/C(=C(\C#Cc1ccc(OC)cc1)C#CC(C)(C)C)c1ccc(OC)cc1. The highest BCUT2D eigenvalue weighted by Crippen LogP contribution is 2.33. The second-order valence-corrected chi connectivity index (χ2v) is 9.93. The number of unbranched alkanes of at least 4 members (excludes halogenated alkanes) is 3. The van der Waals surface area contributed by atoms with E-state index < -0.39 is 0 Å². The third-order valence-electron chi connectivity index (χ3n) is 4.81. The Morgan fingerprint density at radius 3 is 1.97 bits per heavy atom. The molecule has 0 radical (unpaired) electrons. The summed E-state index contributed by atoms with van der Waals surface area (Å²) in [5.41, 5.74) is 2.82. The third-order valence-corrected chi connectivity index (χ3v) is 6.03. The molecule has 33 heavy (non-hydrogen) atoms. The highest BCUT2D eigenvalue weighted by molar-refractivity contribution is 8.08. The van der Waals surface area contributed by atoms with Gasteiger partial charge in [0.05, 0.1) is 19.8 Å². The van der Waals surface area contributed by atoms with Crippen LogP contribution in [0.4, 0.5) is 0 Å². The Balaban J connectivity index is 2.52. The van der Waals surface area contributed by atoms with Crippen molar-refractivity contribution < 1.29 is 9.47 Å². The number of allylic oxidation sites excluding steroid dienone is 1. The van der Waals surface area contributed by atoms with Gasteiger partial charge < -0.3 is 9.47 Å². The van der Waals surface area contributed by atoms with E-state index in [-0.39, 0.29) is 5.41 Å². The van der Waals surface area contributed by atoms with E-state index in [9.17, 15) is 0 Å². The number of hydrogen-bond donors (Lipinski definition) is 0. The molecule has 0 N–H and O–H groups in total. The van der Waals surface area contributed by atoms with E-state index >= 15 is 0 Å². The topological polar surface area (TPSA) is 18.5 Å². The monoisotopic (exact) mass is 460 g/mol. The van der Waals surface area contributed by atoms with Crippen LogP contribution in [0.3, 0.4) is 0 Å². The molecule has 2 aromatic carbocycles. The van der Waals surface area contributed by atoms with Gasteiger partial charge in [-0.15, -0.1) is 11.8 Å². The van der Waals surface area contributed by atoms with Gasteiger partial charge >= 0.3 is 0 Å². The zero-order valence-corrected chi connectivity index (χ0v) is 21.7. The minimum atomic E-state index is -0.107. The van der Waals surface area contributed by atoms with Gasteiger partial charge in [-0.05, 0) is 74.9 Å². The lowest BCUT2D eigenvalue weighted by molar-refractivity contribution is 0.414. The average molecular weight is 461 g/mol. The number of benzene rings is 2. The van der Waals surface area contributed by atoms with Crippen LogP contribution in [-0.2, 0) is 0 Å². The second kappa shape index (κ2) is 13.7. The van der Waals surface area contributed by atoms with Crippen molar-refractivity contribution in [3.8, 4) is 35.2 Å². The van der Waals surface area contributed by atoms with Crippen molar-refractivity contribution in [3.05, 3.63) is 65.2 Å². The van der Waals surface area contributed by atoms with Crippen molar-refractivity contribution in [2.24, 2.45) is 5.41 Å². The molecule has 0 aromatic heterocycles. The Bertz CT molecular complexity index is 1020. The lowest BCUT2D eigenvalue weighted by Gasteiger charge is -2.11. The Labute approximate surface area is 205 Å². The predicted octanol–water partition coefficient (Wildman–Crippen LogP) is 7.83. The van der Waals surface area contributed by atoms with E-state index in [0.29, 0.717) is 0 Å². The lowest BCUT2D eigenvalue weighted by atomic mass is 9.97. The second-order valence-electron chi connectivity index (χ2n) is 8.82. The Morgan fingerprint density at radius 2 is 1.42 bits per heavy atom. The van der Waals surface area contributed by atoms with Crippen molar-refractivity contribution in [2.45, 2.75) is 53.4 Å². The summed E-state index contributed by atoms with van der Waals surface area (Å²) in [6.45, 7) is 8.61. The van der Waals surface area contributed by atoms with Crippen LogP contribution in [0.1, 0.15) is 64.5 Å². The molecule has 0 unspecified atom stereocenters. The Hall–Kier alpha value is -2.75. The van der Waals surface area contributed by atoms with Gasteiger partial charge in [-0.25, -0.2) is 0 Å². The number of methoxy groups -OCH3 is 2. The quantitative estimate of drug-likeness (QED) is 0.281. The van der Waals surface area contributed by atoms with Gasteiger partial charge in [0.1, 0.15) is 11.5 Å². The normalized spacial score (nSPS) is 11.5. The molecule has 2 aromatic rings. The number of rotatable bonds is 9. The summed E-state index contributed by atoms with van der Waals surface area (Å²) in [5.74, 6) is 16.2. The van der Waals surface area contributed by atoms with Gasteiger partial charge in [0.15, 0.2) is 0 Å². The minimum absolute atomic E-state index is 0.107. The summed E-state index contributed by atoms with van der Waals surface area (Å²) < 4.78 is 10.6. The molecule has 0 fully saturated rings.